The van der Waals surface area contributed by atoms with E-state index in [2.05, 4.69) is 0 Å². The molecule has 1 amide bonds. The van der Waals surface area contributed by atoms with Gasteiger partial charge in [-0.05, 0) is 29.8 Å². The predicted molar refractivity (Wildman–Crippen MR) is 94.2 cm³/mol. The Morgan fingerprint density at radius 1 is 1.04 bits per heavy atom. The molecular weight excluding hydrogens is 359 g/mol. The number of likely N-dealkylation sites (N-methyl/N-ethyl adjacent to an activating group) is 1. The Hall–Kier alpha value is -2.83. The summed E-state index contributed by atoms with van der Waals surface area (Å²) in [7, 11) is 1.52. The van der Waals surface area contributed by atoms with Gasteiger partial charge < -0.3 is 9.64 Å². The van der Waals surface area contributed by atoms with Crippen LogP contribution in [0.2, 0.25) is 0 Å². The van der Waals surface area contributed by atoms with Crippen LogP contribution in [0, 0.1) is 0 Å². The van der Waals surface area contributed by atoms with Gasteiger partial charge in [0.2, 0.25) is 5.78 Å². The van der Waals surface area contributed by atoms with Gasteiger partial charge in [-0.25, -0.2) is 0 Å². The molecule has 0 heterocycles. The Bertz CT molecular complexity index is 773. The van der Waals surface area contributed by atoms with Crippen LogP contribution in [-0.2, 0) is 15.8 Å². The van der Waals surface area contributed by atoms with Gasteiger partial charge in [-0.1, -0.05) is 30.3 Å². The van der Waals surface area contributed by atoms with Crippen LogP contribution >= 0.6 is 0 Å². The van der Waals surface area contributed by atoms with Gasteiger partial charge in [0.05, 0.1) is 5.56 Å². The van der Waals surface area contributed by atoms with E-state index in [9.17, 15) is 22.8 Å². The molecule has 0 saturated heterocycles. The van der Waals surface area contributed by atoms with E-state index in [0.29, 0.717) is 6.42 Å². The molecule has 2 aromatic rings. The fraction of sp³-hybridized carbons (Fsp3) is 0.300. The van der Waals surface area contributed by atoms with Crippen LogP contribution in [0.15, 0.2) is 54.6 Å². The Labute approximate surface area is 155 Å². The van der Waals surface area contributed by atoms with Crippen molar-refractivity contribution in [2.24, 2.45) is 0 Å². The molecule has 7 heteroatoms. The lowest BCUT2D eigenvalue weighted by Gasteiger charge is -2.23. The summed E-state index contributed by atoms with van der Waals surface area (Å²) in [4.78, 5) is 24.2. The molecule has 0 aliphatic rings. The Kier molecular flexibility index (Phi) is 6.60. The summed E-state index contributed by atoms with van der Waals surface area (Å²) >= 11 is 0. The van der Waals surface area contributed by atoms with E-state index in [1.54, 1.807) is 0 Å². The first kappa shape index (κ1) is 20.5. The van der Waals surface area contributed by atoms with Crippen molar-refractivity contribution in [2.45, 2.75) is 25.6 Å². The van der Waals surface area contributed by atoms with Crippen molar-refractivity contribution in [1.82, 2.24) is 4.90 Å². The number of rotatable bonds is 7. The summed E-state index contributed by atoms with van der Waals surface area (Å²) in [5.74, 6) is -0.869. The van der Waals surface area contributed by atoms with Crippen molar-refractivity contribution in [2.75, 3.05) is 13.6 Å². The number of carbonyl (C=O) groups is 2. The fourth-order valence-electron chi connectivity index (χ4n) is 2.53. The van der Waals surface area contributed by atoms with E-state index in [1.807, 2.05) is 30.3 Å². The summed E-state index contributed by atoms with van der Waals surface area (Å²) in [5, 5.41) is 0. The number of Topliss-reactive ketones (excluding diaryl/α,β-unsaturated/α-hetero) is 1. The number of hydrogen-bond donors (Lipinski definition) is 0. The summed E-state index contributed by atoms with van der Waals surface area (Å²) < 4.78 is 43.9. The number of benzene rings is 2. The van der Waals surface area contributed by atoms with Crippen LogP contribution in [-0.4, -0.2) is 30.2 Å². The van der Waals surface area contributed by atoms with Crippen LogP contribution in [0.4, 0.5) is 13.2 Å². The van der Waals surface area contributed by atoms with Crippen LogP contribution in [0.25, 0.3) is 0 Å². The highest BCUT2D eigenvalue weighted by molar-refractivity contribution is 6.34. The SMILES string of the molecule is CC(=O)C(=O)N(C)CCC(Oc1ccc(C(F)(F)F)cc1)c1ccccc1. The second kappa shape index (κ2) is 8.70. The monoisotopic (exact) mass is 379 g/mol. The first-order valence-corrected chi connectivity index (χ1v) is 8.33. The Balaban J connectivity index is 2.14. The molecule has 0 bridgehead atoms. The topological polar surface area (TPSA) is 46.6 Å². The average molecular weight is 379 g/mol. The van der Waals surface area contributed by atoms with Gasteiger partial charge in [-0.2, -0.15) is 13.2 Å². The Morgan fingerprint density at radius 3 is 2.15 bits per heavy atom. The highest BCUT2D eigenvalue weighted by Gasteiger charge is 2.30. The number of amides is 1. The molecule has 0 saturated carbocycles. The minimum atomic E-state index is -4.41. The predicted octanol–water partition coefficient (Wildman–Crippen LogP) is 4.26. The maximum atomic E-state index is 12.7. The van der Waals surface area contributed by atoms with Crippen molar-refractivity contribution in [3.8, 4) is 5.75 Å². The molecule has 0 N–H and O–H groups in total. The average Bonchev–Trinajstić information content (AvgIpc) is 2.64. The fourth-order valence-corrected chi connectivity index (χ4v) is 2.53. The second-order valence-electron chi connectivity index (χ2n) is 6.11. The van der Waals surface area contributed by atoms with Crippen molar-refractivity contribution < 1.29 is 27.5 Å². The van der Waals surface area contributed by atoms with E-state index < -0.39 is 29.5 Å². The van der Waals surface area contributed by atoms with Gasteiger partial charge in [0.15, 0.2) is 0 Å². The van der Waals surface area contributed by atoms with Crippen LogP contribution < -0.4 is 4.74 Å². The smallest absolute Gasteiger partial charge is 0.416 e. The molecule has 0 spiro atoms. The van der Waals surface area contributed by atoms with E-state index in [-0.39, 0.29) is 12.3 Å². The number of ether oxygens (including phenoxy) is 1. The quantitative estimate of drug-likeness (QED) is 0.675. The van der Waals surface area contributed by atoms with Crippen molar-refractivity contribution in [3.63, 3.8) is 0 Å². The molecule has 0 aliphatic heterocycles. The summed E-state index contributed by atoms with van der Waals surface area (Å²) in [5.41, 5.74) is 0.0685. The molecule has 2 rings (SSSR count). The van der Waals surface area contributed by atoms with Crippen LogP contribution in [0.5, 0.6) is 5.75 Å². The highest BCUT2D eigenvalue weighted by atomic mass is 19.4. The first-order valence-electron chi connectivity index (χ1n) is 8.33. The number of halogens is 3. The van der Waals surface area contributed by atoms with Crippen LogP contribution in [0.3, 0.4) is 0 Å². The number of alkyl halides is 3. The van der Waals surface area contributed by atoms with Crippen LogP contribution in [0.1, 0.15) is 30.6 Å². The molecule has 1 unspecified atom stereocenters. The lowest BCUT2D eigenvalue weighted by molar-refractivity contribution is -0.142. The molecule has 0 aliphatic carbocycles. The molecule has 0 aromatic heterocycles. The van der Waals surface area contributed by atoms with E-state index >= 15 is 0 Å². The molecule has 0 radical (unpaired) electrons. The number of hydrogen-bond acceptors (Lipinski definition) is 3. The summed E-state index contributed by atoms with van der Waals surface area (Å²) in [6.45, 7) is 1.46. The van der Waals surface area contributed by atoms with Gasteiger partial charge in [-0.3, -0.25) is 9.59 Å². The number of carbonyl (C=O) groups excluding carboxylic acids is 2. The minimum absolute atomic E-state index is 0.263. The lowest BCUT2D eigenvalue weighted by Crippen LogP contribution is -2.33. The molecular formula is C20H20F3NO3. The van der Waals surface area contributed by atoms with E-state index in [1.165, 1.54) is 31.0 Å². The summed E-state index contributed by atoms with van der Waals surface area (Å²) in [6, 6.07) is 13.6. The molecule has 2 aromatic carbocycles. The van der Waals surface area contributed by atoms with Gasteiger partial charge in [0.1, 0.15) is 11.9 Å². The number of ketones is 1. The maximum absolute atomic E-state index is 12.7. The summed E-state index contributed by atoms with van der Waals surface area (Å²) in [6.07, 6.45) is -4.52. The molecule has 144 valence electrons. The first-order chi connectivity index (χ1) is 12.7. The molecule has 0 fully saturated rings. The largest absolute Gasteiger partial charge is 0.486 e. The molecule has 4 nitrogen and oxygen atoms in total. The van der Waals surface area contributed by atoms with Gasteiger partial charge in [-0.15, -0.1) is 0 Å². The molecule has 27 heavy (non-hydrogen) atoms. The zero-order valence-electron chi connectivity index (χ0n) is 15.0. The minimum Gasteiger partial charge on any atom is -0.486 e. The second-order valence-corrected chi connectivity index (χ2v) is 6.11. The third-order valence-corrected chi connectivity index (χ3v) is 4.01. The lowest BCUT2D eigenvalue weighted by atomic mass is 10.1. The normalized spacial score (nSPS) is 12.3. The zero-order valence-corrected chi connectivity index (χ0v) is 15.0. The number of nitrogens with zero attached hydrogens (tertiary/aromatic N) is 1. The standard InChI is InChI=1S/C20H20F3NO3/c1-14(25)19(26)24(2)13-12-18(15-6-4-3-5-7-15)27-17-10-8-16(9-11-17)20(21,22)23/h3-11,18H,12-13H2,1-2H3. The van der Waals surface area contributed by atoms with Crippen molar-refractivity contribution >= 4 is 11.7 Å². The van der Waals surface area contributed by atoms with E-state index in [4.69, 9.17) is 4.74 Å². The van der Waals surface area contributed by atoms with Crippen molar-refractivity contribution in [1.29, 1.82) is 0 Å². The van der Waals surface area contributed by atoms with E-state index in [0.717, 1.165) is 17.7 Å². The van der Waals surface area contributed by atoms with Crippen molar-refractivity contribution in [3.05, 3.63) is 65.7 Å². The zero-order chi connectivity index (χ0) is 20.0. The van der Waals surface area contributed by atoms with Gasteiger partial charge in [0.25, 0.3) is 5.91 Å². The van der Waals surface area contributed by atoms with Gasteiger partial charge >= 0.3 is 6.18 Å². The third kappa shape index (κ3) is 5.84. The van der Waals surface area contributed by atoms with Gasteiger partial charge in [0, 0.05) is 26.9 Å². The highest BCUT2D eigenvalue weighted by Crippen LogP contribution is 2.32. The Morgan fingerprint density at radius 2 is 1.63 bits per heavy atom. The maximum Gasteiger partial charge on any atom is 0.416 e. The third-order valence-electron chi connectivity index (χ3n) is 4.01. The molecule has 1 atom stereocenters.